The van der Waals surface area contributed by atoms with E-state index in [2.05, 4.69) is 12.2 Å². The zero-order chi connectivity index (χ0) is 11.2. The SMILES string of the molecule is CCC[C@@H](N)C(=O)NC(C)(C)CCC. The fourth-order valence-electron chi connectivity index (χ4n) is 1.56. The highest BCUT2D eigenvalue weighted by molar-refractivity contribution is 5.82. The molecule has 0 heterocycles. The minimum absolute atomic E-state index is 0.0229. The van der Waals surface area contributed by atoms with Gasteiger partial charge in [0.15, 0.2) is 0 Å². The van der Waals surface area contributed by atoms with Crippen LogP contribution in [0, 0.1) is 0 Å². The van der Waals surface area contributed by atoms with E-state index in [0.29, 0.717) is 0 Å². The van der Waals surface area contributed by atoms with E-state index in [1.807, 2.05) is 20.8 Å². The first kappa shape index (κ1) is 13.4. The Morgan fingerprint density at radius 3 is 2.36 bits per heavy atom. The summed E-state index contributed by atoms with van der Waals surface area (Å²) in [4.78, 5) is 11.6. The van der Waals surface area contributed by atoms with Gasteiger partial charge in [-0.05, 0) is 26.7 Å². The number of nitrogens with two attached hydrogens (primary N) is 1. The van der Waals surface area contributed by atoms with Crippen LogP contribution in [0.3, 0.4) is 0 Å². The third-order valence-corrected chi connectivity index (χ3v) is 2.27. The van der Waals surface area contributed by atoms with Crippen molar-refractivity contribution in [3.63, 3.8) is 0 Å². The zero-order valence-corrected chi connectivity index (χ0v) is 9.89. The average Bonchev–Trinajstić information content (AvgIpc) is 2.03. The van der Waals surface area contributed by atoms with E-state index in [1.54, 1.807) is 0 Å². The van der Waals surface area contributed by atoms with Gasteiger partial charge in [-0.3, -0.25) is 4.79 Å². The molecule has 1 atom stereocenters. The van der Waals surface area contributed by atoms with Gasteiger partial charge in [-0.2, -0.15) is 0 Å². The molecule has 0 aromatic carbocycles. The predicted octanol–water partition coefficient (Wildman–Crippen LogP) is 1.81. The molecule has 0 unspecified atom stereocenters. The molecule has 0 aliphatic carbocycles. The molecule has 0 fully saturated rings. The average molecular weight is 200 g/mol. The molecule has 84 valence electrons. The van der Waals surface area contributed by atoms with Crippen LogP contribution >= 0.6 is 0 Å². The lowest BCUT2D eigenvalue weighted by molar-refractivity contribution is -0.124. The molecule has 0 saturated heterocycles. The van der Waals surface area contributed by atoms with Gasteiger partial charge in [-0.15, -0.1) is 0 Å². The number of hydrogen-bond donors (Lipinski definition) is 2. The monoisotopic (exact) mass is 200 g/mol. The van der Waals surface area contributed by atoms with Gasteiger partial charge in [0.2, 0.25) is 5.91 Å². The maximum atomic E-state index is 11.6. The molecule has 0 aromatic rings. The molecular formula is C11H24N2O. The molecule has 3 N–H and O–H groups in total. The first-order valence-corrected chi connectivity index (χ1v) is 5.50. The maximum Gasteiger partial charge on any atom is 0.237 e. The molecule has 0 aromatic heterocycles. The van der Waals surface area contributed by atoms with Crippen LogP contribution in [0.2, 0.25) is 0 Å². The van der Waals surface area contributed by atoms with Crippen LogP contribution < -0.4 is 11.1 Å². The van der Waals surface area contributed by atoms with Gasteiger partial charge >= 0.3 is 0 Å². The molecule has 0 radical (unpaired) electrons. The summed E-state index contributed by atoms with van der Waals surface area (Å²) in [6.07, 6.45) is 3.75. The highest BCUT2D eigenvalue weighted by Gasteiger charge is 2.22. The summed E-state index contributed by atoms with van der Waals surface area (Å²) < 4.78 is 0. The van der Waals surface area contributed by atoms with Crippen molar-refractivity contribution in [3.8, 4) is 0 Å². The summed E-state index contributed by atoms with van der Waals surface area (Å²) in [6, 6.07) is -0.351. The van der Waals surface area contributed by atoms with E-state index in [1.165, 1.54) is 0 Å². The van der Waals surface area contributed by atoms with Crippen molar-refractivity contribution < 1.29 is 4.79 Å². The fraction of sp³-hybridized carbons (Fsp3) is 0.909. The molecule has 1 amide bonds. The highest BCUT2D eigenvalue weighted by Crippen LogP contribution is 2.11. The van der Waals surface area contributed by atoms with Crippen molar-refractivity contribution in [1.29, 1.82) is 0 Å². The highest BCUT2D eigenvalue weighted by atomic mass is 16.2. The second kappa shape index (κ2) is 6.02. The van der Waals surface area contributed by atoms with E-state index in [4.69, 9.17) is 5.73 Å². The first-order valence-electron chi connectivity index (χ1n) is 5.50. The summed E-state index contributed by atoms with van der Waals surface area (Å²) in [5.74, 6) is -0.0229. The standard InChI is InChI=1S/C11H24N2O/c1-5-7-9(12)10(14)13-11(3,4)8-6-2/h9H,5-8,12H2,1-4H3,(H,13,14)/t9-/m1/s1. The number of amides is 1. The minimum atomic E-state index is -0.351. The Morgan fingerprint density at radius 2 is 1.93 bits per heavy atom. The summed E-state index contributed by atoms with van der Waals surface area (Å²) in [5, 5.41) is 2.98. The predicted molar refractivity (Wildman–Crippen MR) is 60.0 cm³/mol. The molecule has 0 aliphatic heterocycles. The van der Waals surface area contributed by atoms with Gasteiger partial charge in [0, 0.05) is 5.54 Å². The Bertz CT molecular complexity index is 178. The lowest BCUT2D eigenvalue weighted by Gasteiger charge is -2.27. The van der Waals surface area contributed by atoms with E-state index >= 15 is 0 Å². The van der Waals surface area contributed by atoms with Crippen molar-refractivity contribution in [2.24, 2.45) is 5.73 Å². The van der Waals surface area contributed by atoms with E-state index in [9.17, 15) is 4.79 Å². The van der Waals surface area contributed by atoms with Crippen LogP contribution in [-0.4, -0.2) is 17.5 Å². The second-order valence-corrected chi connectivity index (χ2v) is 4.52. The van der Waals surface area contributed by atoms with Crippen molar-refractivity contribution in [2.45, 2.75) is 65.0 Å². The van der Waals surface area contributed by atoms with Crippen LogP contribution in [0.4, 0.5) is 0 Å². The normalized spacial score (nSPS) is 13.8. The smallest absolute Gasteiger partial charge is 0.237 e. The summed E-state index contributed by atoms with van der Waals surface area (Å²) in [5.41, 5.74) is 5.59. The lowest BCUT2D eigenvalue weighted by Crippen LogP contribution is -2.50. The molecule has 0 spiro atoms. The third kappa shape index (κ3) is 5.22. The lowest BCUT2D eigenvalue weighted by atomic mass is 9.98. The molecule has 0 saturated carbocycles. The molecule has 0 bridgehead atoms. The quantitative estimate of drug-likeness (QED) is 0.687. The van der Waals surface area contributed by atoms with Crippen LogP contribution in [0.1, 0.15) is 53.4 Å². The van der Waals surface area contributed by atoms with Gasteiger partial charge in [-0.25, -0.2) is 0 Å². The van der Waals surface area contributed by atoms with E-state index in [0.717, 1.165) is 25.7 Å². The van der Waals surface area contributed by atoms with Gasteiger partial charge in [0.05, 0.1) is 6.04 Å². The maximum absolute atomic E-state index is 11.6. The van der Waals surface area contributed by atoms with Gasteiger partial charge < -0.3 is 11.1 Å². The summed E-state index contributed by atoms with van der Waals surface area (Å²) in [7, 11) is 0. The largest absolute Gasteiger partial charge is 0.350 e. The molecule has 3 heteroatoms. The number of carbonyl (C=O) groups excluding carboxylic acids is 1. The van der Waals surface area contributed by atoms with Crippen molar-refractivity contribution in [1.82, 2.24) is 5.32 Å². The number of hydrogen-bond acceptors (Lipinski definition) is 2. The minimum Gasteiger partial charge on any atom is -0.350 e. The summed E-state index contributed by atoms with van der Waals surface area (Å²) in [6.45, 7) is 8.21. The topological polar surface area (TPSA) is 55.1 Å². The van der Waals surface area contributed by atoms with E-state index in [-0.39, 0.29) is 17.5 Å². The molecule has 0 rings (SSSR count). The number of carbonyl (C=O) groups is 1. The zero-order valence-electron chi connectivity index (χ0n) is 9.89. The van der Waals surface area contributed by atoms with Gasteiger partial charge in [0.1, 0.15) is 0 Å². The Morgan fingerprint density at radius 1 is 1.36 bits per heavy atom. The summed E-state index contributed by atoms with van der Waals surface area (Å²) >= 11 is 0. The van der Waals surface area contributed by atoms with Crippen molar-refractivity contribution >= 4 is 5.91 Å². The van der Waals surface area contributed by atoms with E-state index < -0.39 is 0 Å². The van der Waals surface area contributed by atoms with Crippen molar-refractivity contribution in [3.05, 3.63) is 0 Å². The Balaban J connectivity index is 4.03. The molecule has 14 heavy (non-hydrogen) atoms. The Kier molecular flexibility index (Phi) is 5.77. The van der Waals surface area contributed by atoms with Crippen LogP contribution in [0.5, 0.6) is 0 Å². The molecule has 0 aliphatic rings. The second-order valence-electron chi connectivity index (χ2n) is 4.52. The van der Waals surface area contributed by atoms with Crippen LogP contribution in [0.25, 0.3) is 0 Å². The molecule has 3 nitrogen and oxygen atoms in total. The fourth-order valence-corrected chi connectivity index (χ4v) is 1.56. The molecular weight excluding hydrogens is 176 g/mol. The van der Waals surface area contributed by atoms with Gasteiger partial charge in [-0.1, -0.05) is 26.7 Å². The van der Waals surface area contributed by atoms with Crippen LogP contribution in [-0.2, 0) is 4.79 Å². The van der Waals surface area contributed by atoms with Gasteiger partial charge in [0.25, 0.3) is 0 Å². The number of rotatable bonds is 6. The Labute approximate surface area is 87.4 Å². The Hall–Kier alpha value is -0.570. The first-order chi connectivity index (χ1) is 6.43. The van der Waals surface area contributed by atoms with Crippen LogP contribution in [0.15, 0.2) is 0 Å². The third-order valence-electron chi connectivity index (χ3n) is 2.27. The number of nitrogens with one attached hydrogen (secondary N) is 1. The van der Waals surface area contributed by atoms with Crippen molar-refractivity contribution in [2.75, 3.05) is 0 Å².